The lowest BCUT2D eigenvalue weighted by Gasteiger charge is -2.19. The highest BCUT2D eigenvalue weighted by Crippen LogP contribution is 2.39. The van der Waals surface area contributed by atoms with Gasteiger partial charge in [-0.3, -0.25) is 4.79 Å². The van der Waals surface area contributed by atoms with Crippen molar-refractivity contribution < 1.29 is 9.53 Å². The molecule has 1 N–H and O–H groups in total. The van der Waals surface area contributed by atoms with Gasteiger partial charge in [-0.05, 0) is 44.4 Å². The van der Waals surface area contributed by atoms with Gasteiger partial charge in [0, 0.05) is 17.4 Å². The molecule has 0 bridgehead atoms. The van der Waals surface area contributed by atoms with Crippen molar-refractivity contribution in [2.24, 2.45) is 0 Å². The molecule has 0 amide bonds. The largest absolute Gasteiger partial charge is 0.494 e. The lowest BCUT2D eigenvalue weighted by atomic mass is 10.0. The number of hydrogen-bond donors (Lipinski definition) is 1. The summed E-state index contributed by atoms with van der Waals surface area (Å²) in [5.74, 6) is 1.04. The molecule has 0 heterocycles. The van der Waals surface area contributed by atoms with Crippen molar-refractivity contribution >= 4 is 27.4 Å². The molecule has 4 heteroatoms. The number of anilines is 1. The van der Waals surface area contributed by atoms with Crippen LogP contribution in [0.5, 0.6) is 5.75 Å². The lowest BCUT2D eigenvalue weighted by molar-refractivity contribution is -0.116. The van der Waals surface area contributed by atoms with E-state index in [1.165, 1.54) is 5.56 Å². The minimum atomic E-state index is 0.182. The summed E-state index contributed by atoms with van der Waals surface area (Å²) in [5, 5.41) is 3.30. The minimum absolute atomic E-state index is 0.182. The summed E-state index contributed by atoms with van der Waals surface area (Å²) in [5.41, 5.74) is 4.37. The molecule has 0 spiro atoms. The van der Waals surface area contributed by atoms with Gasteiger partial charge in [0.2, 0.25) is 0 Å². The average Bonchev–Trinajstić information content (AvgIpc) is 2.33. The number of hydrogen-bond acceptors (Lipinski definition) is 3. The smallest absolute Gasteiger partial charge is 0.145 e. The Hall–Kier alpha value is -1.03. The van der Waals surface area contributed by atoms with Gasteiger partial charge in [-0.1, -0.05) is 15.9 Å². The summed E-state index contributed by atoms with van der Waals surface area (Å²) < 4.78 is 6.57. The van der Waals surface area contributed by atoms with E-state index in [-0.39, 0.29) is 5.78 Å². The van der Waals surface area contributed by atoms with Gasteiger partial charge in [-0.25, -0.2) is 0 Å². The monoisotopic (exact) mass is 313 g/mol. The molecule has 3 nitrogen and oxygen atoms in total. The average molecular weight is 314 g/mol. The Morgan fingerprint density at radius 1 is 1.22 bits per heavy atom. The predicted molar refractivity (Wildman–Crippen MR) is 78.7 cm³/mol. The van der Waals surface area contributed by atoms with Crippen LogP contribution in [0, 0.1) is 20.8 Å². The Morgan fingerprint density at radius 3 is 2.33 bits per heavy atom. The highest BCUT2D eigenvalue weighted by molar-refractivity contribution is 9.10. The second-order valence-electron chi connectivity index (χ2n) is 4.48. The van der Waals surface area contributed by atoms with Crippen molar-refractivity contribution in [1.29, 1.82) is 0 Å². The van der Waals surface area contributed by atoms with Crippen LogP contribution < -0.4 is 10.1 Å². The number of carbonyl (C=O) groups is 1. The molecule has 0 saturated carbocycles. The van der Waals surface area contributed by atoms with E-state index in [2.05, 4.69) is 28.2 Å². The van der Waals surface area contributed by atoms with E-state index >= 15 is 0 Å². The van der Waals surface area contributed by atoms with Crippen LogP contribution in [0.15, 0.2) is 4.47 Å². The number of benzene rings is 1. The lowest BCUT2D eigenvalue weighted by Crippen LogP contribution is -2.09. The molecule has 0 aromatic heterocycles. The molecule has 0 unspecified atom stereocenters. The van der Waals surface area contributed by atoms with Crippen LogP contribution in [0.3, 0.4) is 0 Å². The summed E-state index contributed by atoms with van der Waals surface area (Å²) in [7, 11) is 1.67. The first-order valence-electron chi connectivity index (χ1n) is 5.96. The zero-order valence-corrected chi connectivity index (χ0v) is 13.2. The Kier molecular flexibility index (Phi) is 5.20. The van der Waals surface area contributed by atoms with E-state index in [4.69, 9.17) is 4.74 Å². The van der Waals surface area contributed by atoms with Crippen LogP contribution in [0.2, 0.25) is 0 Å². The van der Waals surface area contributed by atoms with Crippen LogP contribution in [0.25, 0.3) is 0 Å². The summed E-state index contributed by atoms with van der Waals surface area (Å²) in [6, 6.07) is 0. The van der Waals surface area contributed by atoms with E-state index in [0.29, 0.717) is 13.0 Å². The highest BCUT2D eigenvalue weighted by atomic mass is 79.9. The fraction of sp³-hybridized carbons (Fsp3) is 0.500. The van der Waals surface area contributed by atoms with Crippen LogP contribution in [-0.2, 0) is 4.79 Å². The first-order valence-corrected chi connectivity index (χ1v) is 6.76. The standard InChI is InChI=1S/C14H20BrNO2/c1-8(17)6-7-16-13-11(4)12(15)9(2)10(3)14(13)18-5/h16H,6-7H2,1-5H3. The van der Waals surface area contributed by atoms with Crippen molar-refractivity contribution in [3.05, 3.63) is 21.2 Å². The highest BCUT2D eigenvalue weighted by Gasteiger charge is 2.16. The van der Waals surface area contributed by atoms with Gasteiger partial charge in [0.15, 0.2) is 0 Å². The van der Waals surface area contributed by atoms with E-state index < -0.39 is 0 Å². The van der Waals surface area contributed by atoms with Gasteiger partial charge >= 0.3 is 0 Å². The van der Waals surface area contributed by atoms with Gasteiger partial charge in [-0.15, -0.1) is 0 Å². The SMILES string of the molecule is COc1c(C)c(C)c(Br)c(C)c1NCCC(C)=O. The fourth-order valence-electron chi connectivity index (χ4n) is 1.92. The Bertz CT molecular complexity index is 470. The Balaban J connectivity index is 3.12. The molecular formula is C14H20BrNO2. The number of nitrogens with one attached hydrogen (secondary N) is 1. The van der Waals surface area contributed by atoms with Crippen LogP contribution >= 0.6 is 15.9 Å². The number of methoxy groups -OCH3 is 1. The number of rotatable bonds is 5. The van der Waals surface area contributed by atoms with E-state index in [9.17, 15) is 4.79 Å². The summed E-state index contributed by atoms with van der Waals surface area (Å²) >= 11 is 3.60. The van der Waals surface area contributed by atoms with Crippen LogP contribution in [-0.4, -0.2) is 19.4 Å². The van der Waals surface area contributed by atoms with Crippen LogP contribution in [0.4, 0.5) is 5.69 Å². The quantitative estimate of drug-likeness (QED) is 0.899. The summed E-state index contributed by atoms with van der Waals surface area (Å²) in [6.45, 7) is 8.36. The van der Waals surface area contributed by atoms with Crippen LogP contribution in [0.1, 0.15) is 30.0 Å². The van der Waals surface area contributed by atoms with Gasteiger partial charge in [0.1, 0.15) is 11.5 Å². The maximum absolute atomic E-state index is 11.0. The second-order valence-corrected chi connectivity index (χ2v) is 5.27. The van der Waals surface area contributed by atoms with Gasteiger partial charge in [0.25, 0.3) is 0 Å². The second kappa shape index (κ2) is 6.23. The van der Waals surface area contributed by atoms with Gasteiger partial charge < -0.3 is 10.1 Å². The molecular weight excluding hydrogens is 294 g/mol. The topological polar surface area (TPSA) is 38.3 Å². The van der Waals surface area contributed by atoms with Gasteiger partial charge in [-0.2, -0.15) is 0 Å². The molecule has 100 valence electrons. The molecule has 0 fully saturated rings. The third kappa shape index (κ3) is 3.05. The first kappa shape index (κ1) is 15.0. The summed E-state index contributed by atoms with van der Waals surface area (Å²) in [4.78, 5) is 11.0. The third-order valence-electron chi connectivity index (χ3n) is 3.15. The van der Waals surface area contributed by atoms with E-state index in [0.717, 1.165) is 27.0 Å². The minimum Gasteiger partial charge on any atom is -0.494 e. The number of halogens is 1. The van der Waals surface area contributed by atoms with Crippen molar-refractivity contribution in [3.8, 4) is 5.75 Å². The van der Waals surface area contributed by atoms with E-state index in [1.54, 1.807) is 14.0 Å². The van der Waals surface area contributed by atoms with Crippen molar-refractivity contribution in [1.82, 2.24) is 0 Å². The molecule has 18 heavy (non-hydrogen) atoms. The normalized spacial score (nSPS) is 10.3. The number of carbonyl (C=O) groups excluding carboxylic acids is 1. The van der Waals surface area contributed by atoms with Crippen molar-refractivity contribution in [2.45, 2.75) is 34.1 Å². The number of ketones is 1. The zero-order chi connectivity index (χ0) is 13.9. The number of Topliss-reactive ketones (excluding diaryl/α,β-unsaturated/α-hetero) is 1. The van der Waals surface area contributed by atoms with E-state index in [1.807, 2.05) is 13.8 Å². The maximum atomic E-state index is 11.0. The zero-order valence-electron chi connectivity index (χ0n) is 11.6. The molecule has 1 aromatic carbocycles. The third-order valence-corrected chi connectivity index (χ3v) is 4.34. The molecule has 0 aliphatic heterocycles. The van der Waals surface area contributed by atoms with Crippen molar-refractivity contribution in [3.63, 3.8) is 0 Å². The Labute approximate surface area is 117 Å². The molecule has 1 rings (SSSR count). The number of ether oxygens (including phenoxy) is 1. The molecule has 0 aliphatic rings. The molecule has 0 radical (unpaired) electrons. The first-order chi connectivity index (χ1) is 8.40. The molecule has 0 atom stereocenters. The molecule has 1 aromatic rings. The van der Waals surface area contributed by atoms with Crippen molar-refractivity contribution in [2.75, 3.05) is 19.0 Å². The predicted octanol–water partition coefficient (Wildman–Crippen LogP) is 3.77. The maximum Gasteiger partial charge on any atom is 0.145 e. The molecule has 0 saturated heterocycles. The fourth-order valence-corrected chi connectivity index (χ4v) is 2.41. The molecule has 0 aliphatic carbocycles. The summed E-state index contributed by atoms with van der Waals surface area (Å²) in [6.07, 6.45) is 0.521. The Morgan fingerprint density at radius 2 is 1.83 bits per heavy atom. The van der Waals surface area contributed by atoms with Gasteiger partial charge in [0.05, 0.1) is 12.8 Å².